The fourth-order valence-electron chi connectivity index (χ4n) is 6.35. The number of hydrogen-bond donors (Lipinski definition) is 2. The molecule has 0 heterocycles. The molecule has 0 radical (unpaired) electrons. The lowest BCUT2D eigenvalue weighted by atomic mass is 9.48. The van der Waals surface area contributed by atoms with E-state index in [1.54, 1.807) is 6.07 Å². The summed E-state index contributed by atoms with van der Waals surface area (Å²) in [6.07, 6.45) is 8.25. The van der Waals surface area contributed by atoms with Crippen LogP contribution in [-0.4, -0.2) is 5.91 Å². The van der Waals surface area contributed by atoms with E-state index in [0.29, 0.717) is 16.7 Å². The molecule has 0 spiro atoms. The highest BCUT2D eigenvalue weighted by molar-refractivity contribution is 9.10. The van der Waals surface area contributed by atoms with Crippen LogP contribution in [0.3, 0.4) is 0 Å². The molecule has 0 atom stereocenters. The predicted octanol–water partition coefficient (Wildman–Crippen LogP) is 7.06. The van der Waals surface area contributed by atoms with E-state index in [-0.39, 0.29) is 16.0 Å². The summed E-state index contributed by atoms with van der Waals surface area (Å²) in [6.45, 7) is 0. The number of nitrogens with one attached hydrogen (secondary N) is 1. The molecule has 4 fully saturated rings. The molecule has 0 saturated heterocycles. The van der Waals surface area contributed by atoms with Crippen LogP contribution < -0.4 is 11.1 Å². The second-order valence-corrected chi connectivity index (χ2v) is 10.8. The third-order valence-electron chi connectivity index (χ3n) is 7.19. The zero-order valence-corrected chi connectivity index (χ0v) is 19.1. The quantitative estimate of drug-likeness (QED) is 0.449. The van der Waals surface area contributed by atoms with Crippen LogP contribution in [0.25, 0.3) is 0 Å². The molecule has 0 aromatic heterocycles. The topological polar surface area (TPSA) is 55.1 Å². The molecule has 3 nitrogen and oxygen atoms in total. The Morgan fingerprint density at radius 2 is 1.66 bits per heavy atom. The number of nitrogen functional groups attached to an aromatic ring is 1. The smallest absolute Gasteiger partial charge is 0.255 e. The first-order valence-corrected chi connectivity index (χ1v) is 11.7. The fraction of sp³-hybridized carbons (Fsp3) is 0.435. The highest BCUT2D eigenvalue weighted by Crippen LogP contribution is 2.61. The van der Waals surface area contributed by atoms with Gasteiger partial charge in [-0.25, -0.2) is 0 Å². The van der Waals surface area contributed by atoms with Crippen molar-refractivity contribution in [2.24, 2.45) is 17.8 Å². The van der Waals surface area contributed by atoms with Gasteiger partial charge in [0.05, 0.1) is 21.4 Å². The van der Waals surface area contributed by atoms with Gasteiger partial charge in [0.1, 0.15) is 0 Å². The number of carbonyl (C=O) groups is 1. The monoisotopic (exact) mass is 492 g/mol. The van der Waals surface area contributed by atoms with E-state index in [0.717, 1.165) is 27.9 Å². The van der Waals surface area contributed by atoms with E-state index in [1.807, 2.05) is 6.07 Å². The van der Waals surface area contributed by atoms with Gasteiger partial charge in [0.15, 0.2) is 0 Å². The van der Waals surface area contributed by atoms with Crippen molar-refractivity contribution < 1.29 is 4.79 Å². The normalized spacial score (nSPS) is 29.8. The highest BCUT2D eigenvalue weighted by Gasteiger charge is 2.51. The molecular formula is C23H23BrCl2N2O. The second kappa shape index (κ2) is 7.18. The van der Waals surface area contributed by atoms with Crippen molar-refractivity contribution in [3.8, 4) is 0 Å². The van der Waals surface area contributed by atoms with Crippen molar-refractivity contribution in [3.05, 3.63) is 56.0 Å². The number of carbonyl (C=O) groups excluding carboxylic acids is 1. The van der Waals surface area contributed by atoms with E-state index in [4.69, 9.17) is 28.9 Å². The molecule has 6 rings (SSSR count). The average molecular weight is 494 g/mol. The standard InChI is InChI=1S/C23H23BrCl2N2O/c24-17-8-16(23-9-12-3-13(10-23)5-14(4-12)11-23)1-2-20(17)28-22(29)15-6-18(25)21(26)19(27)7-15/h1-2,6-8,12-14H,3-5,9-11,27H2,(H,28,29). The maximum Gasteiger partial charge on any atom is 0.255 e. The predicted molar refractivity (Wildman–Crippen MR) is 123 cm³/mol. The molecule has 6 heteroatoms. The molecule has 1 amide bonds. The first kappa shape index (κ1) is 19.7. The maximum absolute atomic E-state index is 12.7. The van der Waals surface area contributed by atoms with Gasteiger partial charge in [0.2, 0.25) is 0 Å². The number of benzene rings is 2. The van der Waals surface area contributed by atoms with E-state index >= 15 is 0 Å². The van der Waals surface area contributed by atoms with E-state index in [9.17, 15) is 4.79 Å². The Kier molecular flexibility index (Phi) is 4.88. The average Bonchev–Trinajstić information content (AvgIpc) is 2.66. The Morgan fingerprint density at radius 1 is 1.03 bits per heavy atom. The van der Waals surface area contributed by atoms with Gasteiger partial charge in [-0.15, -0.1) is 0 Å². The fourth-order valence-corrected chi connectivity index (χ4v) is 7.16. The number of hydrogen-bond acceptors (Lipinski definition) is 2. The van der Waals surface area contributed by atoms with Crippen molar-refractivity contribution in [2.75, 3.05) is 11.1 Å². The molecule has 4 bridgehead atoms. The van der Waals surface area contributed by atoms with Gasteiger partial charge in [-0.1, -0.05) is 29.3 Å². The van der Waals surface area contributed by atoms with E-state index in [2.05, 4.69) is 33.4 Å². The summed E-state index contributed by atoms with van der Waals surface area (Å²) >= 11 is 15.7. The Bertz CT molecular complexity index is 948. The van der Waals surface area contributed by atoms with E-state index < -0.39 is 0 Å². The molecule has 0 aliphatic heterocycles. The van der Waals surface area contributed by atoms with Crippen molar-refractivity contribution in [1.82, 2.24) is 0 Å². The number of anilines is 2. The third kappa shape index (κ3) is 3.47. The number of nitrogens with two attached hydrogens (primary N) is 1. The number of halogens is 3. The van der Waals surface area contributed by atoms with Crippen LogP contribution in [0.5, 0.6) is 0 Å². The van der Waals surface area contributed by atoms with Crippen LogP contribution in [-0.2, 0) is 5.41 Å². The zero-order chi connectivity index (χ0) is 20.3. The Morgan fingerprint density at radius 3 is 2.21 bits per heavy atom. The SMILES string of the molecule is Nc1cc(C(=O)Nc2ccc(C34CC5CC(CC(C5)C3)C4)cc2Br)cc(Cl)c1Cl. The van der Waals surface area contributed by atoms with E-state index in [1.165, 1.54) is 50.2 Å². The van der Waals surface area contributed by atoms with Crippen LogP contribution in [0.1, 0.15) is 54.4 Å². The van der Waals surface area contributed by atoms with Crippen molar-refractivity contribution >= 4 is 56.4 Å². The molecule has 4 saturated carbocycles. The molecule has 2 aromatic carbocycles. The van der Waals surface area contributed by atoms with Crippen molar-refractivity contribution in [3.63, 3.8) is 0 Å². The summed E-state index contributed by atoms with van der Waals surface area (Å²) in [7, 11) is 0. The zero-order valence-electron chi connectivity index (χ0n) is 16.0. The van der Waals surface area contributed by atoms with Gasteiger partial charge in [0, 0.05) is 10.0 Å². The molecule has 4 aliphatic rings. The summed E-state index contributed by atoms with van der Waals surface area (Å²) in [5, 5.41) is 3.50. The molecule has 0 unspecified atom stereocenters. The lowest BCUT2D eigenvalue weighted by Gasteiger charge is -2.57. The van der Waals surface area contributed by atoms with Crippen LogP contribution in [0.15, 0.2) is 34.8 Å². The third-order valence-corrected chi connectivity index (χ3v) is 8.66. The van der Waals surface area contributed by atoms with Gasteiger partial charge in [-0.05, 0) is 107 Å². The lowest BCUT2D eigenvalue weighted by molar-refractivity contribution is -0.00520. The lowest BCUT2D eigenvalue weighted by Crippen LogP contribution is -2.48. The van der Waals surface area contributed by atoms with Gasteiger partial charge in [-0.3, -0.25) is 4.79 Å². The van der Waals surface area contributed by atoms with Gasteiger partial charge < -0.3 is 11.1 Å². The Balaban J connectivity index is 1.39. The number of amides is 1. The summed E-state index contributed by atoms with van der Waals surface area (Å²) < 4.78 is 0.909. The first-order valence-electron chi connectivity index (χ1n) is 10.2. The maximum atomic E-state index is 12.7. The largest absolute Gasteiger partial charge is 0.397 e. The first-order chi connectivity index (χ1) is 13.8. The minimum absolute atomic E-state index is 0.265. The van der Waals surface area contributed by atoms with Crippen LogP contribution in [0.2, 0.25) is 10.0 Å². The van der Waals surface area contributed by atoms with Crippen LogP contribution in [0.4, 0.5) is 11.4 Å². The van der Waals surface area contributed by atoms with Gasteiger partial charge >= 0.3 is 0 Å². The molecule has 4 aliphatic carbocycles. The molecule has 3 N–H and O–H groups in total. The minimum Gasteiger partial charge on any atom is -0.397 e. The Hall–Kier alpha value is -1.23. The molecule has 2 aromatic rings. The highest BCUT2D eigenvalue weighted by atomic mass is 79.9. The van der Waals surface area contributed by atoms with Crippen molar-refractivity contribution in [2.45, 2.75) is 43.9 Å². The summed E-state index contributed by atoms with van der Waals surface area (Å²) in [4.78, 5) is 12.7. The second-order valence-electron chi connectivity index (χ2n) is 9.21. The van der Waals surface area contributed by atoms with Crippen molar-refractivity contribution in [1.29, 1.82) is 0 Å². The number of rotatable bonds is 3. The summed E-state index contributed by atoms with van der Waals surface area (Å²) in [6, 6.07) is 9.51. The molecular weight excluding hydrogens is 471 g/mol. The Labute approximate surface area is 189 Å². The molecule has 152 valence electrons. The van der Waals surface area contributed by atoms with Gasteiger partial charge in [0.25, 0.3) is 5.91 Å². The van der Waals surface area contributed by atoms with Gasteiger partial charge in [-0.2, -0.15) is 0 Å². The summed E-state index contributed by atoms with van der Waals surface area (Å²) in [5.74, 6) is 2.44. The molecule has 29 heavy (non-hydrogen) atoms. The minimum atomic E-state index is -0.265. The van der Waals surface area contributed by atoms with Crippen LogP contribution in [0, 0.1) is 17.8 Å². The summed E-state index contributed by atoms with van der Waals surface area (Å²) in [5.41, 5.74) is 9.01. The van der Waals surface area contributed by atoms with Crippen LogP contribution >= 0.6 is 39.1 Å².